The molecule has 1 aliphatic heterocycles. The summed E-state index contributed by atoms with van der Waals surface area (Å²) >= 11 is 3.07. The van der Waals surface area contributed by atoms with Gasteiger partial charge in [-0.1, -0.05) is 0 Å². The molecule has 110 valence electrons. The number of hydrogen-bond acceptors (Lipinski definition) is 3. The summed E-state index contributed by atoms with van der Waals surface area (Å²) in [5.41, 5.74) is 0. The summed E-state index contributed by atoms with van der Waals surface area (Å²) in [6, 6.07) is 2.23. The molecule has 0 bridgehead atoms. The highest BCUT2D eigenvalue weighted by atomic mass is 79.9. The van der Waals surface area contributed by atoms with Crippen LogP contribution in [0.3, 0.4) is 0 Å². The van der Waals surface area contributed by atoms with E-state index in [1.807, 2.05) is 0 Å². The smallest absolute Gasteiger partial charge is 0.322 e. The molecule has 1 atom stereocenters. The largest absolute Gasteiger partial charge is 0.480 e. The van der Waals surface area contributed by atoms with E-state index in [1.54, 1.807) is 0 Å². The van der Waals surface area contributed by atoms with Crippen LogP contribution in [0, 0.1) is 5.82 Å². The molecule has 2 rings (SSSR count). The molecule has 1 N–H and O–H groups in total. The quantitative estimate of drug-likeness (QED) is 0.890. The number of benzene rings is 1. The van der Waals surface area contributed by atoms with E-state index >= 15 is 0 Å². The average molecular weight is 366 g/mol. The molecule has 0 saturated carbocycles. The molecule has 8 heteroatoms. The first kappa shape index (κ1) is 15.4. The van der Waals surface area contributed by atoms with Gasteiger partial charge in [0.25, 0.3) is 0 Å². The van der Waals surface area contributed by atoms with Gasteiger partial charge in [-0.3, -0.25) is 4.79 Å². The highest BCUT2D eigenvalue weighted by Gasteiger charge is 2.38. The number of halogens is 2. The summed E-state index contributed by atoms with van der Waals surface area (Å²) in [5.74, 6) is -1.86. The molecule has 0 amide bonds. The van der Waals surface area contributed by atoms with Gasteiger partial charge in [-0.15, -0.1) is 0 Å². The van der Waals surface area contributed by atoms with E-state index < -0.39 is 27.9 Å². The highest BCUT2D eigenvalue weighted by Crippen LogP contribution is 2.30. The van der Waals surface area contributed by atoms with Crippen LogP contribution in [-0.2, 0) is 14.8 Å². The second-order valence-electron chi connectivity index (χ2n) is 4.54. The maximum absolute atomic E-state index is 13.3. The zero-order valence-electron chi connectivity index (χ0n) is 10.4. The standard InChI is InChI=1S/C12H13BrFNO4S/c13-9-5-4-8(14)7-11(9)20(18,19)15-6-2-1-3-10(15)12(16)17/h4-5,7,10H,1-3,6H2,(H,16,17). The Balaban J connectivity index is 2.47. The Hall–Kier alpha value is -0.990. The third-order valence-corrected chi connectivity index (χ3v) is 6.12. The maximum Gasteiger partial charge on any atom is 0.322 e. The molecule has 1 heterocycles. The fourth-order valence-electron chi connectivity index (χ4n) is 2.24. The molecule has 5 nitrogen and oxygen atoms in total. The van der Waals surface area contributed by atoms with Crippen molar-refractivity contribution in [2.75, 3.05) is 6.54 Å². The number of nitrogens with zero attached hydrogens (tertiary/aromatic N) is 1. The first-order chi connectivity index (χ1) is 9.34. The van der Waals surface area contributed by atoms with Gasteiger partial charge in [0.1, 0.15) is 11.9 Å². The van der Waals surface area contributed by atoms with Crippen molar-refractivity contribution in [3.05, 3.63) is 28.5 Å². The average Bonchev–Trinajstić information content (AvgIpc) is 2.41. The van der Waals surface area contributed by atoms with Crippen LogP contribution in [0.25, 0.3) is 0 Å². The van der Waals surface area contributed by atoms with Crippen LogP contribution in [0.2, 0.25) is 0 Å². The maximum atomic E-state index is 13.3. The fraction of sp³-hybridized carbons (Fsp3) is 0.417. The van der Waals surface area contributed by atoms with E-state index in [0.717, 1.165) is 16.4 Å². The fourth-order valence-corrected chi connectivity index (χ4v) is 4.83. The van der Waals surface area contributed by atoms with Crippen molar-refractivity contribution in [3.8, 4) is 0 Å². The van der Waals surface area contributed by atoms with Gasteiger partial charge in [0.2, 0.25) is 10.0 Å². The topological polar surface area (TPSA) is 74.7 Å². The minimum atomic E-state index is -4.04. The van der Waals surface area contributed by atoms with Gasteiger partial charge >= 0.3 is 5.97 Å². The van der Waals surface area contributed by atoms with Crippen LogP contribution in [0.1, 0.15) is 19.3 Å². The molecule has 0 aromatic heterocycles. The van der Waals surface area contributed by atoms with Crippen molar-refractivity contribution >= 4 is 31.9 Å². The Morgan fingerprint density at radius 3 is 2.75 bits per heavy atom. The number of carboxylic acids is 1. The van der Waals surface area contributed by atoms with E-state index in [2.05, 4.69) is 15.9 Å². The number of carboxylic acid groups (broad SMARTS) is 1. The SMILES string of the molecule is O=C(O)C1CCCCN1S(=O)(=O)c1cc(F)ccc1Br. The molecule has 1 fully saturated rings. The lowest BCUT2D eigenvalue weighted by molar-refractivity contribution is -0.142. The van der Waals surface area contributed by atoms with E-state index in [-0.39, 0.29) is 22.3 Å². The molecule has 1 aromatic rings. The summed E-state index contributed by atoms with van der Waals surface area (Å²) < 4.78 is 39.5. The number of piperidine rings is 1. The molecular formula is C12H13BrFNO4S. The number of hydrogen-bond donors (Lipinski definition) is 1. The third kappa shape index (κ3) is 2.87. The van der Waals surface area contributed by atoms with Crippen LogP contribution in [0.4, 0.5) is 4.39 Å². The predicted octanol–water partition coefficient (Wildman–Crippen LogP) is 2.22. The molecule has 1 saturated heterocycles. The zero-order chi connectivity index (χ0) is 14.9. The van der Waals surface area contributed by atoms with Gasteiger partial charge in [-0.2, -0.15) is 4.31 Å². The summed E-state index contributed by atoms with van der Waals surface area (Å²) in [4.78, 5) is 11.0. The molecule has 1 aliphatic rings. The molecular weight excluding hydrogens is 353 g/mol. The van der Waals surface area contributed by atoms with Crippen molar-refractivity contribution in [2.45, 2.75) is 30.2 Å². The van der Waals surface area contributed by atoms with Crippen molar-refractivity contribution in [1.29, 1.82) is 0 Å². The van der Waals surface area contributed by atoms with Crippen molar-refractivity contribution in [3.63, 3.8) is 0 Å². The first-order valence-corrected chi connectivity index (χ1v) is 8.27. The van der Waals surface area contributed by atoms with Crippen LogP contribution >= 0.6 is 15.9 Å². The number of rotatable bonds is 3. The summed E-state index contributed by atoms with van der Waals surface area (Å²) in [5, 5.41) is 9.15. The van der Waals surface area contributed by atoms with Gasteiger partial charge < -0.3 is 5.11 Å². The van der Waals surface area contributed by atoms with Crippen molar-refractivity contribution in [1.82, 2.24) is 4.31 Å². The van der Waals surface area contributed by atoms with Gasteiger partial charge in [0, 0.05) is 11.0 Å². The third-order valence-electron chi connectivity index (χ3n) is 3.22. The Morgan fingerprint density at radius 1 is 1.40 bits per heavy atom. The molecule has 0 aliphatic carbocycles. The summed E-state index contributed by atoms with van der Waals surface area (Å²) in [6.45, 7) is 0.127. The van der Waals surface area contributed by atoms with Crippen LogP contribution < -0.4 is 0 Å². The lowest BCUT2D eigenvalue weighted by Crippen LogP contribution is -2.47. The van der Waals surface area contributed by atoms with E-state index in [0.29, 0.717) is 12.8 Å². The monoisotopic (exact) mass is 365 g/mol. The summed E-state index contributed by atoms with van der Waals surface area (Å²) in [7, 11) is -4.04. The Kier molecular flexibility index (Phi) is 4.46. The Morgan fingerprint density at radius 2 is 2.10 bits per heavy atom. The number of sulfonamides is 1. The van der Waals surface area contributed by atoms with E-state index in [9.17, 15) is 17.6 Å². The van der Waals surface area contributed by atoms with Crippen molar-refractivity contribution < 1.29 is 22.7 Å². The Bertz CT molecular complexity index is 634. The minimum Gasteiger partial charge on any atom is -0.480 e. The molecule has 0 spiro atoms. The van der Waals surface area contributed by atoms with Crippen LogP contribution in [0.5, 0.6) is 0 Å². The highest BCUT2D eigenvalue weighted by molar-refractivity contribution is 9.10. The normalized spacial score (nSPS) is 20.8. The van der Waals surface area contributed by atoms with Crippen LogP contribution in [0.15, 0.2) is 27.6 Å². The lowest BCUT2D eigenvalue weighted by Gasteiger charge is -2.32. The lowest BCUT2D eigenvalue weighted by atomic mass is 10.1. The second-order valence-corrected chi connectivity index (χ2v) is 7.25. The molecule has 0 radical (unpaired) electrons. The minimum absolute atomic E-state index is 0.127. The van der Waals surface area contributed by atoms with Gasteiger partial charge in [-0.25, -0.2) is 12.8 Å². The predicted molar refractivity (Wildman–Crippen MR) is 73.3 cm³/mol. The first-order valence-electron chi connectivity index (χ1n) is 6.04. The molecule has 1 aromatic carbocycles. The second kappa shape index (κ2) is 5.79. The van der Waals surface area contributed by atoms with E-state index in [1.165, 1.54) is 6.07 Å². The van der Waals surface area contributed by atoms with E-state index in [4.69, 9.17) is 5.11 Å². The Labute approximate surface area is 124 Å². The van der Waals surface area contributed by atoms with Gasteiger partial charge in [0.15, 0.2) is 0 Å². The number of carbonyl (C=O) groups is 1. The van der Waals surface area contributed by atoms with Crippen LogP contribution in [-0.4, -0.2) is 36.4 Å². The molecule has 1 unspecified atom stereocenters. The van der Waals surface area contributed by atoms with Gasteiger partial charge in [0.05, 0.1) is 4.90 Å². The zero-order valence-corrected chi connectivity index (χ0v) is 12.8. The van der Waals surface area contributed by atoms with Crippen molar-refractivity contribution in [2.24, 2.45) is 0 Å². The number of aliphatic carboxylic acids is 1. The van der Waals surface area contributed by atoms with Gasteiger partial charge in [-0.05, 0) is 53.4 Å². The summed E-state index contributed by atoms with van der Waals surface area (Å²) in [6.07, 6.45) is 1.52. The molecule has 20 heavy (non-hydrogen) atoms.